The predicted octanol–water partition coefficient (Wildman–Crippen LogP) is 2.71. The second-order valence-electron chi connectivity index (χ2n) is 4.07. The van der Waals surface area contributed by atoms with Gasteiger partial charge in [0.2, 0.25) is 0 Å². The molecule has 0 aliphatic heterocycles. The van der Waals surface area contributed by atoms with Crippen LogP contribution in [0.5, 0.6) is 11.5 Å². The zero-order valence-electron chi connectivity index (χ0n) is 9.51. The van der Waals surface area contributed by atoms with E-state index in [1.54, 1.807) is 0 Å². The lowest BCUT2D eigenvalue weighted by Gasteiger charge is -2.04. The first-order valence-corrected chi connectivity index (χ1v) is 5.41. The van der Waals surface area contributed by atoms with Crippen LogP contribution in [0.15, 0.2) is 36.5 Å². The van der Waals surface area contributed by atoms with Crippen molar-refractivity contribution < 1.29 is 19.0 Å². The maximum Gasteiger partial charge on any atom is 0.155 e. The largest absolute Gasteiger partial charge is 0.508 e. The normalized spacial score (nSPS) is 11.1. The van der Waals surface area contributed by atoms with E-state index in [-0.39, 0.29) is 11.4 Å². The molecule has 0 radical (unpaired) electrons. The van der Waals surface area contributed by atoms with Crippen LogP contribution in [0.1, 0.15) is 0 Å². The standard InChI is InChI=1S/C13H8F2N2O2/c14-10-4-9(19)5-11(15)13(10)17-6-7-3-8(18)1-2-12(7)16-17/h1-6,18-19H. The van der Waals surface area contributed by atoms with Crippen LogP contribution < -0.4 is 0 Å². The Balaban J connectivity index is 2.24. The Morgan fingerprint density at radius 1 is 0.947 bits per heavy atom. The van der Waals surface area contributed by atoms with Crippen LogP contribution in [0.2, 0.25) is 0 Å². The lowest BCUT2D eigenvalue weighted by molar-refractivity contribution is 0.458. The van der Waals surface area contributed by atoms with Crippen molar-refractivity contribution in [2.24, 2.45) is 0 Å². The van der Waals surface area contributed by atoms with Crippen LogP contribution in [0.3, 0.4) is 0 Å². The minimum Gasteiger partial charge on any atom is -0.508 e. The summed E-state index contributed by atoms with van der Waals surface area (Å²) in [6, 6.07) is 6.03. The molecule has 0 saturated carbocycles. The fourth-order valence-electron chi connectivity index (χ4n) is 1.90. The number of fused-ring (bicyclic) bond motifs is 1. The Kier molecular flexibility index (Phi) is 2.38. The minimum atomic E-state index is -0.922. The molecule has 0 unspecified atom stereocenters. The van der Waals surface area contributed by atoms with E-state index in [0.29, 0.717) is 10.9 Å². The van der Waals surface area contributed by atoms with Gasteiger partial charge in [-0.05, 0) is 18.2 Å². The zero-order valence-corrected chi connectivity index (χ0v) is 9.51. The number of rotatable bonds is 1. The molecule has 0 aliphatic carbocycles. The van der Waals surface area contributed by atoms with Crippen LogP contribution in [0.4, 0.5) is 8.78 Å². The van der Waals surface area contributed by atoms with Gasteiger partial charge in [-0.1, -0.05) is 0 Å². The third-order valence-corrected chi connectivity index (χ3v) is 2.72. The molecule has 0 atom stereocenters. The summed E-state index contributed by atoms with van der Waals surface area (Å²) in [5, 5.41) is 23.0. The number of hydrogen-bond acceptors (Lipinski definition) is 3. The van der Waals surface area contributed by atoms with E-state index in [0.717, 1.165) is 16.8 Å². The third kappa shape index (κ3) is 1.87. The van der Waals surface area contributed by atoms with E-state index in [1.165, 1.54) is 24.4 Å². The number of benzene rings is 2. The number of aromatic nitrogens is 2. The van der Waals surface area contributed by atoms with Crippen LogP contribution in [0, 0.1) is 11.6 Å². The van der Waals surface area contributed by atoms with E-state index >= 15 is 0 Å². The fourth-order valence-corrected chi connectivity index (χ4v) is 1.90. The van der Waals surface area contributed by atoms with E-state index in [1.807, 2.05) is 0 Å². The summed E-state index contributed by atoms with van der Waals surface area (Å²) in [4.78, 5) is 0. The zero-order chi connectivity index (χ0) is 13.6. The first-order valence-electron chi connectivity index (χ1n) is 5.41. The van der Waals surface area contributed by atoms with Crippen molar-refractivity contribution >= 4 is 10.9 Å². The number of halogens is 2. The average Bonchev–Trinajstić information content (AvgIpc) is 2.69. The Morgan fingerprint density at radius 3 is 2.32 bits per heavy atom. The quantitative estimate of drug-likeness (QED) is 0.709. The van der Waals surface area contributed by atoms with Crippen molar-refractivity contribution in [1.29, 1.82) is 0 Å². The lowest BCUT2D eigenvalue weighted by Crippen LogP contribution is -2.01. The molecule has 0 saturated heterocycles. The van der Waals surface area contributed by atoms with Gasteiger partial charge in [0.1, 0.15) is 17.2 Å². The molecule has 1 aromatic heterocycles. The summed E-state index contributed by atoms with van der Waals surface area (Å²) in [6.45, 7) is 0. The van der Waals surface area contributed by atoms with Crippen molar-refractivity contribution in [3.8, 4) is 17.2 Å². The Bertz CT molecular complexity index is 760. The lowest BCUT2D eigenvalue weighted by atomic mass is 10.2. The first kappa shape index (κ1) is 11.5. The number of aromatic hydroxyl groups is 2. The maximum atomic E-state index is 13.7. The van der Waals surface area contributed by atoms with Gasteiger partial charge in [-0.15, -0.1) is 0 Å². The van der Waals surface area contributed by atoms with Crippen molar-refractivity contribution in [3.63, 3.8) is 0 Å². The van der Waals surface area contributed by atoms with Crippen molar-refractivity contribution in [1.82, 2.24) is 9.78 Å². The van der Waals surface area contributed by atoms with Crippen molar-refractivity contribution in [2.45, 2.75) is 0 Å². The average molecular weight is 262 g/mol. The molecule has 0 aliphatic rings. The first-order chi connectivity index (χ1) is 9.04. The maximum absolute atomic E-state index is 13.7. The SMILES string of the molecule is Oc1cc(F)c(-n2cc3cc(O)ccc3n2)c(F)c1. The van der Waals surface area contributed by atoms with E-state index in [4.69, 9.17) is 5.11 Å². The molecule has 1 heterocycles. The summed E-state index contributed by atoms with van der Waals surface area (Å²) in [5.74, 6) is -2.30. The second-order valence-corrected chi connectivity index (χ2v) is 4.07. The minimum absolute atomic E-state index is 0.0405. The predicted molar refractivity (Wildman–Crippen MR) is 64.3 cm³/mol. The van der Waals surface area contributed by atoms with Gasteiger partial charge in [-0.2, -0.15) is 5.10 Å². The Morgan fingerprint density at radius 2 is 1.63 bits per heavy atom. The number of hydrogen-bond donors (Lipinski definition) is 2. The van der Waals surface area contributed by atoms with Gasteiger partial charge in [0.05, 0.1) is 5.52 Å². The number of phenolic OH excluding ortho intramolecular Hbond substituents is 2. The molecule has 6 heteroatoms. The summed E-state index contributed by atoms with van der Waals surface area (Å²) < 4.78 is 28.4. The topological polar surface area (TPSA) is 58.3 Å². The molecule has 2 aromatic carbocycles. The van der Waals surface area contributed by atoms with Crippen LogP contribution in [-0.4, -0.2) is 20.0 Å². The van der Waals surface area contributed by atoms with E-state index < -0.39 is 17.4 Å². The highest BCUT2D eigenvalue weighted by molar-refractivity contribution is 5.80. The summed E-state index contributed by atoms with van der Waals surface area (Å²) in [6.07, 6.45) is 1.40. The van der Waals surface area contributed by atoms with Gasteiger partial charge in [-0.3, -0.25) is 0 Å². The summed E-state index contributed by atoms with van der Waals surface area (Å²) in [7, 11) is 0. The van der Waals surface area contributed by atoms with Crippen LogP contribution >= 0.6 is 0 Å². The molecule has 96 valence electrons. The molecule has 0 fully saturated rings. The van der Waals surface area contributed by atoms with Gasteiger partial charge in [0.25, 0.3) is 0 Å². The highest BCUT2D eigenvalue weighted by Crippen LogP contribution is 2.25. The molecular formula is C13H8F2N2O2. The summed E-state index contributed by atoms with van der Waals surface area (Å²) >= 11 is 0. The van der Waals surface area contributed by atoms with Crippen molar-refractivity contribution in [2.75, 3.05) is 0 Å². The molecule has 0 spiro atoms. The van der Waals surface area contributed by atoms with Gasteiger partial charge in [-0.25, -0.2) is 13.5 Å². The van der Waals surface area contributed by atoms with Gasteiger partial charge >= 0.3 is 0 Å². The van der Waals surface area contributed by atoms with Gasteiger partial charge in [0, 0.05) is 23.7 Å². The molecule has 3 rings (SSSR count). The molecule has 2 N–H and O–H groups in total. The monoisotopic (exact) mass is 262 g/mol. The molecular weight excluding hydrogens is 254 g/mol. The Labute approximate surface area is 106 Å². The van der Waals surface area contributed by atoms with Crippen LogP contribution in [0.25, 0.3) is 16.6 Å². The Hall–Kier alpha value is -2.63. The summed E-state index contributed by atoms with van der Waals surface area (Å²) in [5.41, 5.74) is 0.109. The third-order valence-electron chi connectivity index (χ3n) is 2.72. The van der Waals surface area contributed by atoms with Gasteiger partial charge in [0.15, 0.2) is 11.6 Å². The van der Waals surface area contributed by atoms with E-state index in [2.05, 4.69) is 5.10 Å². The molecule has 0 amide bonds. The van der Waals surface area contributed by atoms with E-state index in [9.17, 15) is 13.9 Å². The van der Waals surface area contributed by atoms with Gasteiger partial charge < -0.3 is 10.2 Å². The highest BCUT2D eigenvalue weighted by Gasteiger charge is 2.15. The molecule has 4 nitrogen and oxygen atoms in total. The molecule has 19 heavy (non-hydrogen) atoms. The molecule has 3 aromatic rings. The van der Waals surface area contributed by atoms with Crippen molar-refractivity contribution in [3.05, 3.63) is 48.2 Å². The fraction of sp³-hybridized carbons (Fsp3) is 0. The second kappa shape index (κ2) is 3.94. The van der Waals surface area contributed by atoms with Crippen LogP contribution in [-0.2, 0) is 0 Å². The smallest absolute Gasteiger partial charge is 0.155 e. The molecule has 0 bridgehead atoms. The highest BCUT2D eigenvalue weighted by atomic mass is 19.1. The number of nitrogens with zero attached hydrogens (tertiary/aromatic N) is 2. The number of phenols is 2.